The second kappa shape index (κ2) is 4.28. The van der Waals surface area contributed by atoms with Gasteiger partial charge in [0.1, 0.15) is 17.6 Å². The van der Waals surface area contributed by atoms with Crippen LogP contribution in [0.2, 0.25) is 0 Å². The zero-order valence-electron chi connectivity index (χ0n) is 8.73. The molecule has 0 amide bonds. The standard InChI is InChI=1S/C11H13N3O/c1-9-6-10(8-12)13-11(7-9)14-2-4-15-5-3-14/h6-7H,2-5H2,1H3. The molecule has 15 heavy (non-hydrogen) atoms. The molecule has 0 N–H and O–H groups in total. The fourth-order valence-electron chi connectivity index (χ4n) is 1.66. The van der Waals surface area contributed by atoms with E-state index in [9.17, 15) is 0 Å². The molecule has 0 saturated carbocycles. The monoisotopic (exact) mass is 203 g/mol. The summed E-state index contributed by atoms with van der Waals surface area (Å²) in [6.07, 6.45) is 0. The highest BCUT2D eigenvalue weighted by Gasteiger charge is 2.13. The van der Waals surface area contributed by atoms with Crippen LogP contribution in [-0.4, -0.2) is 31.3 Å². The average Bonchev–Trinajstić information content (AvgIpc) is 2.29. The minimum atomic E-state index is 0.483. The molecule has 0 unspecified atom stereocenters. The van der Waals surface area contributed by atoms with E-state index < -0.39 is 0 Å². The van der Waals surface area contributed by atoms with Crippen LogP contribution in [0.25, 0.3) is 0 Å². The van der Waals surface area contributed by atoms with Crippen molar-refractivity contribution in [1.29, 1.82) is 5.26 Å². The van der Waals surface area contributed by atoms with Gasteiger partial charge in [-0.2, -0.15) is 5.26 Å². The Morgan fingerprint density at radius 2 is 2.13 bits per heavy atom. The van der Waals surface area contributed by atoms with Gasteiger partial charge in [0.15, 0.2) is 0 Å². The van der Waals surface area contributed by atoms with Crippen molar-refractivity contribution < 1.29 is 4.74 Å². The summed E-state index contributed by atoms with van der Waals surface area (Å²) in [5, 5.41) is 8.83. The van der Waals surface area contributed by atoms with Gasteiger partial charge < -0.3 is 9.64 Å². The highest BCUT2D eigenvalue weighted by Crippen LogP contribution is 2.15. The van der Waals surface area contributed by atoms with Crippen LogP contribution < -0.4 is 4.90 Å². The molecule has 4 nitrogen and oxygen atoms in total. The third-order valence-corrected chi connectivity index (χ3v) is 2.41. The molecule has 1 aromatic heterocycles. The van der Waals surface area contributed by atoms with Crippen LogP contribution in [0.5, 0.6) is 0 Å². The molecule has 2 heterocycles. The smallest absolute Gasteiger partial charge is 0.143 e. The fraction of sp³-hybridized carbons (Fsp3) is 0.455. The van der Waals surface area contributed by atoms with Gasteiger partial charge in [-0.05, 0) is 24.6 Å². The summed E-state index contributed by atoms with van der Waals surface area (Å²) in [5.74, 6) is 0.884. The number of rotatable bonds is 1. The number of morpholine rings is 1. The summed E-state index contributed by atoms with van der Waals surface area (Å²) in [4.78, 5) is 6.44. The molecular formula is C11H13N3O. The highest BCUT2D eigenvalue weighted by atomic mass is 16.5. The van der Waals surface area contributed by atoms with Gasteiger partial charge >= 0.3 is 0 Å². The molecule has 1 aromatic rings. The Kier molecular flexibility index (Phi) is 2.84. The molecule has 0 aliphatic carbocycles. The van der Waals surface area contributed by atoms with Gasteiger partial charge in [0.05, 0.1) is 13.2 Å². The third-order valence-electron chi connectivity index (χ3n) is 2.41. The van der Waals surface area contributed by atoms with E-state index in [1.807, 2.05) is 13.0 Å². The van der Waals surface area contributed by atoms with Crippen molar-refractivity contribution in [3.8, 4) is 6.07 Å². The maximum Gasteiger partial charge on any atom is 0.143 e. The first kappa shape index (κ1) is 9.94. The number of pyridine rings is 1. The van der Waals surface area contributed by atoms with E-state index in [0.29, 0.717) is 5.69 Å². The van der Waals surface area contributed by atoms with Crippen LogP contribution in [0, 0.1) is 18.3 Å². The first-order valence-corrected chi connectivity index (χ1v) is 5.01. The van der Waals surface area contributed by atoms with Crippen molar-refractivity contribution in [2.75, 3.05) is 31.2 Å². The van der Waals surface area contributed by atoms with Crippen molar-refractivity contribution in [3.63, 3.8) is 0 Å². The second-order valence-corrected chi connectivity index (χ2v) is 3.60. The molecule has 2 rings (SSSR count). The van der Waals surface area contributed by atoms with Crippen molar-refractivity contribution in [2.45, 2.75) is 6.92 Å². The first-order valence-electron chi connectivity index (χ1n) is 5.01. The van der Waals surface area contributed by atoms with Crippen molar-refractivity contribution in [3.05, 3.63) is 23.4 Å². The summed E-state index contributed by atoms with van der Waals surface area (Å²) < 4.78 is 5.27. The third kappa shape index (κ3) is 2.25. The number of nitriles is 1. The highest BCUT2D eigenvalue weighted by molar-refractivity contribution is 5.45. The molecule has 0 spiro atoms. The Hall–Kier alpha value is -1.60. The number of aromatic nitrogens is 1. The van der Waals surface area contributed by atoms with Gasteiger partial charge in [-0.3, -0.25) is 0 Å². The number of aryl methyl sites for hydroxylation is 1. The fourth-order valence-corrected chi connectivity index (χ4v) is 1.66. The maximum atomic E-state index is 8.83. The zero-order valence-corrected chi connectivity index (χ0v) is 8.73. The lowest BCUT2D eigenvalue weighted by Crippen LogP contribution is -2.36. The summed E-state index contributed by atoms with van der Waals surface area (Å²) in [6, 6.07) is 5.88. The molecule has 78 valence electrons. The van der Waals surface area contributed by atoms with Crippen LogP contribution in [0.15, 0.2) is 12.1 Å². The van der Waals surface area contributed by atoms with E-state index in [1.54, 1.807) is 6.07 Å². The lowest BCUT2D eigenvalue weighted by atomic mass is 10.2. The number of anilines is 1. The van der Waals surface area contributed by atoms with Crippen molar-refractivity contribution in [2.24, 2.45) is 0 Å². The van der Waals surface area contributed by atoms with Gasteiger partial charge in [-0.25, -0.2) is 4.98 Å². The van der Waals surface area contributed by atoms with Gasteiger partial charge in [-0.15, -0.1) is 0 Å². The Labute approximate surface area is 89.1 Å². The molecule has 0 aromatic carbocycles. The number of hydrogen-bond donors (Lipinski definition) is 0. The molecule has 4 heteroatoms. The van der Waals surface area contributed by atoms with Crippen molar-refractivity contribution >= 4 is 5.82 Å². The number of ether oxygens (including phenoxy) is 1. The lowest BCUT2D eigenvalue weighted by Gasteiger charge is -2.28. The summed E-state index contributed by atoms with van der Waals surface area (Å²) in [6.45, 7) is 5.14. The van der Waals surface area contributed by atoms with Crippen LogP contribution in [0.1, 0.15) is 11.3 Å². The molecule has 1 saturated heterocycles. The zero-order chi connectivity index (χ0) is 10.7. The molecule has 0 radical (unpaired) electrons. The minimum absolute atomic E-state index is 0.483. The van der Waals surface area contributed by atoms with Gasteiger partial charge in [-0.1, -0.05) is 0 Å². The molecule has 1 fully saturated rings. The Balaban J connectivity index is 2.27. The van der Waals surface area contributed by atoms with E-state index in [0.717, 1.165) is 37.7 Å². The molecular weight excluding hydrogens is 190 g/mol. The summed E-state index contributed by atoms with van der Waals surface area (Å²) in [7, 11) is 0. The first-order chi connectivity index (χ1) is 7.29. The molecule has 0 atom stereocenters. The predicted molar refractivity (Wildman–Crippen MR) is 56.7 cm³/mol. The van der Waals surface area contributed by atoms with Crippen LogP contribution >= 0.6 is 0 Å². The van der Waals surface area contributed by atoms with Gasteiger partial charge in [0.2, 0.25) is 0 Å². The molecule has 0 bridgehead atoms. The van der Waals surface area contributed by atoms with E-state index in [1.165, 1.54) is 0 Å². The topological polar surface area (TPSA) is 49.2 Å². The van der Waals surface area contributed by atoms with Crippen LogP contribution in [0.4, 0.5) is 5.82 Å². The van der Waals surface area contributed by atoms with E-state index in [4.69, 9.17) is 10.00 Å². The van der Waals surface area contributed by atoms with E-state index >= 15 is 0 Å². The van der Waals surface area contributed by atoms with Gasteiger partial charge in [0.25, 0.3) is 0 Å². The summed E-state index contributed by atoms with van der Waals surface area (Å²) >= 11 is 0. The van der Waals surface area contributed by atoms with Crippen LogP contribution in [-0.2, 0) is 4.74 Å². The van der Waals surface area contributed by atoms with Crippen molar-refractivity contribution in [1.82, 2.24) is 4.98 Å². The van der Waals surface area contributed by atoms with E-state index in [2.05, 4.69) is 16.0 Å². The SMILES string of the molecule is Cc1cc(C#N)nc(N2CCOCC2)c1. The molecule has 1 aliphatic heterocycles. The van der Waals surface area contributed by atoms with Gasteiger partial charge in [0, 0.05) is 13.1 Å². The molecule has 1 aliphatic rings. The number of hydrogen-bond acceptors (Lipinski definition) is 4. The number of nitrogens with zero attached hydrogens (tertiary/aromatic N) is 3. The van der Waals surface area contributed by atoms with E-state index in [-0.39, 0.29) is 0 Å². The predicted octanol–water partition coefficient (Wildman–Crippen LogP) is 1.10. The summed E-state index contributed by atoms with van der Waals surface area (Å²) in [5.41, 5.74) is 1.56. The Morgan fingerprint density at radius 3 is 2.80 bits per heavy atom. The normalized spacial score (nSPS) is 16.1. The second-order valence-electron chi connectivity index (χ2n) is 3.60. The van der Waals surface area contributed by atoms with Crippen LogP contribution in [0.3, 0.4) is 0 Å². The lowest BCUT2D eigenvalue weighted by molar-refractivity contribution is 0.122. The minimum Gasteiger partial charge on any atom is -0.378 e. The Bertz CT molecular complexity index is 391. The Morgan fingerprint density at radius 1 is 1.40 bits per heavy atom. The quantitative estimate of drug-likeness (QED) is 0.685. The largest absolute Gasteiger partial charge is 0.378 e. The maximum absolute atomic E-state index is 8.83. The average molecular weight is 203 g/mol.